The highest BCUT2D eigenvalue weighted by atomic mass is 16.5. The predicted octanol–water partition coefficient (Wildman–Crippen LogP) is 3.55. The number of rotatable bonds is 7. The minimum Gasteiger partial charge on any atom is -0.489 e. The summed E-state index contributed by atoms with van der Waals surface area (Å²) in [5.74, 6) is 0.923. The standard InChI is InChI=1S/C17H21NO/c18-13-5-4-6-15-9-11-17(12-10-15)19-14-16-7-2-1-3-8-16/h1-3,7-12H,4-6,13-14,18H2. The maximum atomic E-state index is 5.75. The van der Waals surface area contributed by atoms with E-state index in [0.29, 0.717) is 6.61 Å². The maximum Gasteiger partial charge on any atom is 0.119 e. The molecule has 0 saturated heterocycles. The zero-order valence-corrected chi connectivity index (χ0v) is 11.2. The van der Waals surface area contributed by atoms with Crippen molar-refractivity contribution < 1.29 is 4.74 Å². The van der Waals surface area contributed by atoms with E-state index in [1.54, 1.807) is 0 Å². The molecule has 0 atom stereocenters. The second-order valence-electron chi connectivity index (χ2n) is 4.66. The fourth-order valence-electron chi connectivity index (χ4n) is 1.97. The summed E-state index contributed by atoms with van der Waals surface area (Å²) < 4.78 is 5.75. The summed E-state index contributed by atoms with van der Waals surface area (Å²) in [6, 6.07) is 18.6. The third-order valence-electron chi connectivity index (χ3n) is 3.09. The molecule has 0 aromatic heterocycles. The molecule has 0 spiro atoms. The number of nitrogens with two attached hydrogens (primary N) is 1. The molecule has 0 fully saturated rings. The van der Waals surface area contributed by atoms with E-state index in [9.17, 15) is 0 Å². The van der Waals surface area contributed by atoms with Gasteiger partial charge in [-0.05, 0) is 49.1 Å². The van der Waals surface area contributed by atoms with Gasteiger partial charge in [-0.1, -0.05) is 42.5 Å². The first-order valence-electron chi connectivity index (χ1n) is 6.84. The van der Waals surface area contributed by atoms with Gasteiger partial charge < -0.3 is 10.5 Å². The molecule has 0 aliphatic heterocycles. The van der Waals surface area contributed by atoms with Crippen LogP contribution in [-0.2, 0) is 13.0 Å². The Labute approximate surface area is 115 Å². The van der Waals surface area contributed by atoms with Crippen molar-refractivity contribution in [2.24, 2.45) is 5.73 Å². The molecule has 0 aliphatic rings. The van der Waals surface area contributed by atoms with Gasteiger partial charge in [0.1, 0.15) is 12.4 Å². The van der Waals surface area contributed by atoms with E-state index in [1.807, 2.05) is 30.3 Å². The van der Waals surface area contributed by atoms with E-state index < -0.39 is 0 Å². The molecule has 2 rings (SSSR count). The molecule has 2 nitrogen and oxygen atoms in total. The summed E-state index contributed by atoms with van der Waals surface area (Å²) in [7, 11) is 0. The van der Waals surface area contributed by atoms with Crippen LogP contribution in [0.2, 0.25) is 0 Å². The van der Waals surface area contributed by atoms with Crippen molar-refractivity contribution in [1.29, 1.82) is 0 Å². The summed E-state index contributed by atoms with van der Waals surface area (Å²) in [4.78, 5) is 0. The molecule has 0 heterocycles. The molecule has 0 saturated carbocycles. The summed E-state index contributed by atoms with van der Waals surface area (Å²) in [6.07, 6.45) is 3.34. The monoisotopic (exact) mass is 255 g/mol. The largest absolute Gasteiger partial charge is 0.489 e. The van der Waals surface area contributed by atoms with Gasteiger partial charge >= 0.3 is 0 Å². The fraction of sp³-hybridized carbons (Fsp3) is 0.294. The lowest BCUT2D eigenvalue weighted by atomic mass is 10.1. The SMILES string of the molecule is NCCCCc1ccc(OCc2ccccc2)cc1. The summed E-state index contributed by atoms with van der Waals surface area (Å²) in [6.45, 7) is 1.39. The molecule has 0 amide bonds. The van der Waals surface area contributed by atoms with Gasteiger partial charge in [0, 0.05) is 0 Å². The molecule has 0 unspecified atom stereocenters. The Kier molecular flexibility index (Phi) is 5.45. The van der Waals surface area contributed by atoms with Gasteiger partial charge in [0.25, 0.3) is 0 Å². The zero-order chi connectivity index (χ0) is 13.3. The molecule has 2 N–H and O–H groups in total. The number of hydrogen-bond donors (Lipinski definition) is 1. The van der Waals surface area contributed by atoms with Crippen LogP contribution in [0.4, 0.5) is 0 Å². The molecule has 0 radical (unpaired) electrons. The van der Waals surface area contributed by atoms with Crippen LogP contribution in [0.3, 0.4) is 0 Å². The smallest absolute Gasteiger partial charge is 0.119 e. The Morgan fingerprint density at radius 2 is 1.53 bits per heavy atom. The maximum absolute atomic E-state index is 5.75. The zero-order valence-electron chi connectivity index (χ0n) is 11.2. The van der Waals surface area contributed by atoms with Crippen molar-refractivity contribution in [2.75, 3.05) is 6.54 Å². The molecular weight excluding hydrogens is 234 g/mol. The Bertz CT molecular complexity index is 464. The lowest BCUT2D eigenvalue weighted by Crippen LogP contribution is -1.99. The molecule has 19 heavy (non-hydrogen) atoms. The Hall–Kier alpha value is -1.80. The number of benzene rings is 2. The van der Waals surface area contributed by atoms with Gasteiger partial charge in [-0.25, -0.2) is 0 Å². The molecule has 0 aliphatic carbocycles. The molecule has 100 valence electrons. The number of ether oxygens (including phenoxy) is 1. The lowest BCUT2D eigenvalue weighted by Gasteiger charge is -2.07. The first kappa shape index (κ1) is 13.6. The van der Waals surface area contributed by atoms with Crippen LogP contribution in [0, 0.1) is 0 Å². The van der Waals surface area contributed by atoms with Crippen molar-refractivity contribution >= 4 is 0 Å². The molecule has 0 bridgehead atoms. The summed E-state index contributed by atoms with van der Waals surface area (Å²) in [5, 5.41) is 0. The highest BCUT2D eigenvalue weighted by Crippen LogP contribution is 2.15. The topological polar surface area (TPSA) is 35.2 Å². The van der Waals surface area contributed by atoms with Crippen molar-refractivity contribution in [3.63, 3.8) is 0 Å². The second-order valence-corrected chi connectivity index (χ2v) is 4.66. The van der Waals surface area contributed by atoms with Gasteiger partial charge in [-0.2, -0.15) is 0 Å². The number of hydrogen-bond acceptors (Lipinski definition) is 2. The molecule has 2 aromatic carbocycles. The van der Waals surface area contributed by atoms with Crippen LogP contribution in [0.5, 0.6) is 5.75 Å². The van der Waals surface area contributed by atoms with Crippen molar-refractivity contribution in [3.05, 3.63) is 65.7 Å². The van der Waals surface area contributed by atoms with E-state index in [0.717, 1.165) is 31.6 Å². The normalized spacial score (nSPS) is 10.4. The van der Waals surface area contributed by atoms with Crippen molar-refractivity contribution in [2.45, 2.75) is 25.9 Å². The van der Waals surface area contributed by atoms with E-state index >= 15 is 0 Å². The first-order valence-corrected chi connectivity index (χ1v) is 6.84. The number of unbranched alkanes of at least 4 members (excludes halogenated alkanes) is 1. The van der Waals surface area contributed by atoms with Gasteiger partial charge in [-0.3, -0.25) is 0 Å². The van der Waals surface area contributed by atoms with Crippen LogP contribution in [0.25, 0.3) is 0 Å². The number of aryl methyl sites for hydroxylation is 1. The first-order chi connectivity index (χ1) is 9.38. The molecule has 2 heteroatoms. The van der Waals surface area contributed by atoms with Crippen LogP contribution in [0.15, 0.2) is 54.6 Å². The van der Waals surface area contributed by atoms with Crippen molar-refractivity contribution in [1.82, 2.24) is 0 Å². The minimum absolute atomic E-state index is 0.618. The summed E-state index contributed by atoms with van der Waals surface area (Å²) >= 11 is 0. The highest BCUT2D eigenvalue weighted by Gasteiger charge is 1.97. The van der Waals surface area contributed by atoms with Gasteiger partial charge in [0.15, 0.2) is 0 Å². The van der Waals surface area contributed by atoms with E-state index in [2.05, 4.69) is 24.3 Å². The molecule has 2 aromatic rings. The average Bonchev–Trinajstić information content (AvgIpc) is 2.48. The van der Waals surface area contributed by atoms with Crippen molar-refractivity contribution in [3.8, 4) is 5.75 Å². The third-order valence-corrected chi connectivity index (χ3v) is 3.09. The summed E-state index contributed by atoms with van der Waals surface area (Å²) in [5.41, 5.74) is 8.03. The van der Waals surface area contributed by atoms with Crippen LogP contribution < -0.4 is 10.5 Å². The lowest BCUT2D eigenvalue weighted by molar-refractivity contribution is 0.306. The van der Waals surface area contributed by atoms with Crippen LogP contribution in [-0.4, -0.2) is 6.54 Å². The minimum atomic E-state index is 0.618. The van der Waals surface area contributed by atoms with E-state index in [4.69, 9.17) is 10.5 Å². The average molecular weight is 255 g/mol. The Balaban J connectivity index is 1.81. The Morgan fingerprint density at radius 1 is 0.789 bits per heavy atom. The highest BCUT2D eigenvalue weighted by molar-refractivity contribution is 5.27. The van der Waals surface area contributed by atoms with Gasteiger partial charge in [0.05, 0.1) is 0 Å². The van der Waals surface area contributed by atoms with Crippen LogP contribution >= 0.6 is 0 Å². The second kappa shape index (κ2) is 7.59. The fourth-order valence-corrected chi connectivity index (χ4v) is 1.97. The van der Waals surface area contributed by atoms with Crippen LogP contribution in [0.1, 0.15) is 24.0 Å². The van der Waals surface area contributed by atoms with Gasteiger partial charge in [-0.15, -0.1) is 0 Å². The molecular formula is C17H21NO. The Morgan fingerprint density at radius 3 is 2.21 bits per heavy atom. The van der Waals surface area contributed by atoms with Gasteiger partial charge in [0.2, 0.25) is 0 Å². The third kappa shape index (κ3) is 4.76. The van der Waals surface area contributed by atoms with E-state index in [-0.39, 0.29) is 0 Å². The quantitative estimate of drug-likeness (QED) is 0.768. The predicted molar refractivity (Wildman–Crippen MR) is 79.2 cm³/mol. The van der Waals surface area contributed by atoms with E-state index in [1.165, 1.54) is 11.1 Å².